The predicted molar refractivity (Wildman–Crippen MR) is 45.1 cm³/mol. The lowest BCUT2D eigenvalue weighted by atomic mass is 10.1. The molecule has 0 fully saturated rings. The van der Waals surface area contributed by atoms with Crippen LogP contribution in [0.3, 0.4) is 0 Å². The summed E-state index contributed by atoms with van der Waals surface area (Å²) in [6.45, 7) is 9.16. The molecule has 1 aliphatic rings. The summed E-state index contributed by atoms with van der Waals surface area (Å²) in [5.74, 6) is 0. The van der Waals surface area contributed by atoms with Crippen molar-refractivity contribution in [1.29, 1.82) is 0 Å². The second-order valence-electron chi connectivity index (χ2n) is 3.13. The van der Waals surface area contributed by atoms with Gasteiger partial charge in [-0.25, -0.2) is 0 Å². The molecule has 1 heteroatoms. The maximum atomic E-state index is 2.49. The van der Waals surface area contributed by atoms with Gasteiger partial charge in [0, 0.05) is 12.6 Å². The topological polar surface area (TPSA) is 3.24 Å². The van der Waals surface area contributed by atoms with E-state index < -0.39 is 0 Å². The van der Waals surface area contributed by atoms with Crippen molar-refractivity contribution in [3.63, 3.8) is 0 Å². The quantitative estimate of drug-likeness (QED) is 0.502. The van der Waals surface area contributed by atoms with Crippen LogP contribution in [0.1, 0.15) is 27.2 Å². The molecule has 0 bridgehead atoms. The number of nitrogens with zero attached hydrogens (tertiary/aromatic N) is 1. The lowest BCUT2D eigenvalue weighted by Gasteiger charge is -2.30. The van der Waals surface area contributed by atoms with E-state index in [9.17, 15) is 0 Å². The van der Waals surface area contributed by atoms with E-state index in [0.29, 0.717) is 6.04 Å². The summed E-state index contributed by atoms with van der Waals surface area (Å²) in [5, 5.41) is 0. The van der Waals surface area contributed by atoms with Crippen molar-refractivity contribution < 1.29 is 0 Å². The van der Waals surface area contributed by atoms with Crippen molar-refractivity contribution in [1.82, 2.24) is 4.90 Å². The Kier molecular flexibility index (Phi) is 2.50. The second-order valence-corrected chi connectivity index (χ2v) is 3.13. The smallest absolute Gasteiger partial charge is 0.0252 e. The standard InChI is InChI=1S/C9H17N/c1-4-10-6-5-8(2)7-9(10)3/h7,9H,4-6H2,1-3H3. The minimum atomic E-state index is 0.666. The van der Waals surface area contributed by atoms with Crippen LogP contribution in [0.25, 0.3) is 0 Å². The van der Waals surface area contributed by atoms with Gasteiger partial charge in [0.1, 0.15) is 0 Å². The molecule has 1 unspecified atom stereocenters. The van der Waals surface area contributed by atoms with Crippen LogP contribution >= 0.6 is 0 Å². The fourth-order valence-electron chi connectivity index (χ4n) is 1.57. The first-order valence-electron chi connectivity index (χ1n) is 4.15. The zero-order valence-corrected chi connectivity index (χ0v) is 7.22. The number of hydrogen-bond acceptors (Lipinski definition) is 1. The first-order valence-corrected chi connectivity index (χ1v) is 4.15. The van der Waals surface area contributed by atoms with E-state index in [1.54, 1.807) is 5.57 Å². The Bertz CT molecular complexity index is 138. The summed E-state index contributed by atoms with van der Waals surface area (Å²) in [6, 6.07) is 0.666. The van der Waals surface area contributed by atoms with Gasteiger partial charge in [0.25, 0.3) is 0 Å². The molecule has 0 aliphatic carbocycles. The van der Waals surface area contributed by atoms with Gasteiger partial charge in [-0.15, -0.1) is 0 Å². The molecule has 0 radical (unpaired) electrons. The van der Waals surface area contributed by atoms with E-state index in [1.807, 2.05) is 0 Å². The molecule has 0 N–H and O–H groups in total. The maximum Gasteiger partial charge on any atom is 0.0252 e. The van der Waals surface area contributed by atoms with Gasteiger partial charge in [0.2, 0.25) is 0 Å². The number of hydrogen-bond donors (Lipinski definition) is 0. The van der Waals surface area contributed by atoms with Gasteiger partial charge >= 0.3 is 0 Å². The summed E-state index contributed by atoms with van der Waals surface area (Å²) < 4.78 is 0. The molecule has 1 heterocycles. The van der Waals surface area contributed by atoms with Gasteiger partial charge in [-0.3, -0.25) is 4.90 Å². The van der Waals surface area contributed by atoms with Crippen LogP contribution in [0.4, 0.5) is 0 Å². The van der Waals surface area contributed by atoms with Gasteiger partial charge in [-0.05, 0) is 26.8 Å². The van der Waals surface area contributed by atoms with E-state index >= 15 is 0 Å². The zero-order valence-electron chi connectivity index (χ0n) is 7.22. The fraction of sp³-hybridized carbons (Fsp3) is 0.778. The van der Waals surface area contributed by atoms with Crippen molar-refractivity contribution in [2.45, 2.75) is 33.2 Å². The highest BCUT2D eigenvalue weighted by Crippen LogP contribution is 2.14. The van der Waals surface area contributed by atoms with Gasteiger partial charge in [-0.1, -0.05) is 18.6 Å². The van der Waals surface area contributed by atoms with Gasteiger partial charge in [0.05, 0.1) is 0 Å². The van der Waals surface area contributed by atoms with Gasteiger partial charge in [0.15, 0.2) is 0 Å². The molecule has 1 aliphatic heterocycles. The summed E-state index contributed by atoms with van der Waals surface area (Å²) in [6.07, 6.45) is 3.63. The Morgan fingerprint density at radius 2 is 2.40 bits per heavy atom. The normalized spacial score (nSPS) is 28.3. The maximum absolute atomic E-state index is 2.49. The minimum absolute atomic E-state index is 0.666. The minimum Gasteiger partial charge on any atom is -0.297 e. The van der Waals surface area contributed by atoms with Crippen LogP contribution in [0.5, 0.6) is 0 Å². The average molecular weight is 139 g/mol. The van der Waals surface area contributed by atoms with Gasteiger partial charge in [-0.2, -0.15) is 0 Å². The Balaban J connectivity index is 2.55. The Morgan fingerprint density at radius 3 is 2.90 bits per heavy atom. The summed E-state index contributed by atoms with van der Waals surface area (Å²) in [7, 11) is 0. The highest BCUT2D eigenvalue weighted by molar-refractivity contribution is 5.07. The molecule has 1 atom stereocenters. The molecular weight excluding hydrogens is 122 g/mol. The predicted octanol–water partition coefficient (Wildman–Crippen LogP) is 2.05. The van der Waals surface area contributed by atoms with E-state index in [-0.39, 0.29) is 0 Å². The molecule has 0 aromatic carbocycles. The van der Waals surface area contributed by atoms with E-state index in [1.165, 1.54) is 19.5 Å². The molecule has 1 rings (SSSR count). The Morgan fingerprint density at radius 1 is 1.70 bits per heavy atom. The average Bonchev–Trinajstić information content (AvgIpc) is 1.88. The largest absolute Gasteiger partial charge is 0.297 e. The van der Waals surface area contributed by atoms with Crippen LogP contribution < -0.4 is 0 Å². The lowest BCUT2D eigenvalue weighted by molar-refractivity contribution is 0.244. The third-order valence-electron chi connectivity index (χ3n) is 2.30. The molecule has 0 saturated heterocycles. The monoisotopic (exact) mass is 139 g/mol. The van der Waals surface area contributed by atoms with Crippen LogP contribution in [0.2, 0.25) is 0 Å². The highest BCUT2D eigenvalue weighted by Gasteiger charge is 2.13. The molecule has 1 nitrogen and oxygen atoms in total. The summed E-state index contributed by atoms with van der Waals surface area (Å²) in [5.41, 5.74) is 1.55. The summed E-state index contributed by atoms with van der Waals surface area (Å²) in [4.78, 5) is 2.49. The van der Waals surface area contributed by atoms with Crippen LogP contribution in [-0.2, 0) is 0 Å². The van der Waals surface area contributed by atoms with Crippen LogP contribution in [-0.4, -0.2) is 24.0 Å². The molecule has 0 amide bonds. The van der Waals surface area contributed by atoms with E-state index in [0.717, 1.165) is 0 Å². The Hall–Kier alpha value is -0.300. The van der Waals surface area contributed by atoms with Crippen LogP contribution in [0, 0.1) is 0 Å². The Labute approximate surface area is 63.7 Å². The molecule has 0 aromatic heterocycles. The van der Waals surface area contributed by atoms with E-state index in [4.69, 9.17) is 0 Å². The molecule has 0 spiro atoms. The van der Waals surface area contributed by atoms with Crippen molar-refractivity contribution in [3.05, 3.63) is 11.6 Å². The third kappa shape index (κ3) is 1.60. The molecular formula is C9H17N. The van der Waals surface area contributed by atoms with Gasteiger partial charge < -0.3 is 0 Å². The molecule has 10 heavy (non-hydrogen) atoms. The van der Waals surface area contributed by atoms with Crippen molar-refractivity contribution in [2.75, 3.05) is 13.1 Å². The zero-order chi connectivity index (χ0) is 7.56. The number of likely N-dealkylation sites (N-methyl/N-ethyl adjacent to an activating group) is 1. The van der Waals surface area contributed by atoms with Crippen molar-refractivity contribution >= 4 is 0 Å². The highest BCUT2D eigenvalue weighted by atomic mass is 15.1. The SMILES string of the molecule is CCN1CCC(C)=CC1C. The summed E-state index contributed by atoms with van der Waals surface area (Å²) >= 11 is 0. The molecule has 0 aromatic rings. The van der Waals surface area contributed by atoms with Crippen LogP contribution in [0.15, 0.2) is 11.6 Å². The lowest BCUT2D eigenvalue weighted by Crippen LogP contribution is -2.35. The first-order chi connectivity index (χ1) is 4.74. The molecule has 58 valence electrons. The second kappa shape index (κ2) is 3.20. The third-order valence-corrected chi connectivity index (χ3v) is 2.30. The first kappa shape index (κ1) is 7.80. The van der Waals surface area contributed by atoms with Crippen molar-refractivity contribution in [3.8, 4) is 0 Å². The van der Waals surface area contributed by atoms with E-state index in [2.05, 4.69) is 31.7 Å². The number of rotatable bonds is 1. The fourth-order valence-corrected chi connectivity index (χ4v) is 1.57. The van der Waals surface area contributed by atoms with Crippen molar-refractivity contribution in [2.24, 2.45) is 0 Å². The molecule has 0 saturated carbocycles.